The fraction of sp³-hybridized carbons (Fsp3) is 0.611. The summed E-state index contributed by atoms with van der Waals surface area (Å²) in [7, 11) is 0. The number of hydrogen-bond acceptors (Lipinski definition) is 3. The Balaban J connectivity index is 3.57. The Bertz CT molecular complexity index is 345. The molecule has 0 spiro atoms. The van der Waals surface area contributed by atoms with Gasteiger partial charge in [0.05, 0.1) is 0 Å². The van der Waals surface area contributed by atoms with Gasteiger partial charge in [0.15, 0.2) is 0 Å². The predicted octanol–water partition coefficient (Wildman–Crippen LogP) is 5.13. The van der Waals surface area contributed by atoms with Gasteiger partial charge in [0, 0.05) is 6.42 Å². The van der Waals surface area contributed by atoms with Crippen molar-refractivity contribution < 1.29 is 20.0 Å². The first-order valence-corrected chi connectivity index (χ1v) is 8.21. The largest absolute Gasteiger partial charge is 0.481 e. The van der Waals surface area contributed by atoms with E-state index in [1.807, 2.05) is 30.4 Å². The standard InChI is InChI=1S/C18H30O4/c1-2-3-11-14-17(22-21)15-12-9-7-5-4-6-8-10-13-16-18(19)20/h3,7,9,11-12,15,17,21H,2,4-6,8,10,13-14,16H2,1H3,(H,19,20)/b9-7+,11-3+,15-12+/t17-/m0/s1. The zero-order valence-electron chi connectivity index (χ0n) is 13.6. The van der Waals surface area contributed by atoms with Crippen LogP contribution < -0.4 is 0 Å². The van der Waals surface area contributed by atoms with Gasteiger partial charge in [-0.3, -0.25) is 10.1 Å². The highest BCUT2D eigenvalue weighted by Crippen LogP contribution is 2.08. The molecule has 0 aliphatic heterocycles. The van der Waals surface area contributed by atoms with Gasteiger partial charge in [-0.05, 0) is 32.1 Å². The van der Waals surface area contributed by atoms with Crippen LogP contribution in [0.5, 0.6) is 0 Å². The summed E-state index contributed by atoms with van der Waals surface area (Å²) in [6.07, 6.45) is 19.7. The Hall–Kier alpha value is -1.39. The third kappa shape index (κ3) is 15.0. The van der Waals surface area contributed by atoms with Crippen LogP contribution in [0.15, 0.2) is 36.5 Å². The predicted molar refractivity (Wildman–Crippen MR) is 89.8 cm³/mol. The molecule has 0 saturated carbocycles. The van der Waals surface area contributed by atoms with Crippen LogP contribution in [0.2, 0.25) is 0 Å². The van der Waals surface area contributed by atoms with Crippen molar-refractivity contribution in [2.45, 2.75) is 70.8 Å². The van der Waals surface area contributed by atoms with Crippen LogP contribution in [0.25, 0.3) is 0 Å². The second-order valence-corrected chi connectivity index (χ2v) is 5.27. The first-order chi connectivity index (χ1) is 10.7. The maximum absolute atomic E-state index is 10.3. The van der Waals surface area contributed by atoms with Crippen molar-refractivity contribution in [3.8, 4) is 0 Å². The van der Waals surface area contributed by atoms with E-state index in [2.05, 4.69) is 17.9 Å². The molecule has 126 valence electrons. The molecule has 4 nitrogen and oxygen atoms in total. The van der Waals surface area contributed by atoms with E-state index in [1.54, 1.807) is 0 Å². The van der Waals surface area contributed by atoms with Gasteiger partial charge >= 0.3 is 5.97 Å². The number of hydrogen-bond donors (Lipinski definition) is 2. The molecule has 0 unspecified atom stereocenters. The molecule has 4 heteroatoms. The van der Waals surface area contributed by atoms with Gasteiger partial charge in [-0.15, -0.1) is 0 Å². The Kier molecular flexibility index (Phi) is 15.0. The SMILES string of the molecule is CC/C=C/C[C@@H](/C=C/C=C/CCCCCCCC(=O)O)OO. The van der Waals surface area contributed by atoms with E-state index in [0.29, 0.717) is 6.42 Å². The highest BCUT2D eigenvalue weighted by Gasteiger charge is 1.99. The van der Waals surface area contributed by atoms with Crippen molar-refractivity contribution in [3.05, 3.63) is 36.5 Å². The van der Waals surface area contributed by atoms with Crippen molar-refractivity contribution in [2.75, 3.05) is 0 Å². The van der Waals surface area contributed by atoms with Crippen LogP contribution in [-0.4, -0.2) is 22.4 Å². The number of carboxylic acids is 1. The van der Waals surface area contributed by atoms with E-state index in [9.17, 15) is 4.79 Å². The molecule has 1 atom stereocenters. The fourth-order valence-electron chi connectivity index (χ4n) is 1.99. The Morgan fingerprint density at radius 3 is 2.45 bits per heavy atom. The van der Waals surface area contributed by atoms with Crippen molar-refractivity contribution in [1.29, 1.82) is 0 Å². The quantitative estimate of drug-likeness (QED) is 0.153. The van der Waals surface area contributed by atoms with E-state index >= 15 is 0 Å². The number of allylic oxidation sites excluding steroid dienone is 4. The lowest BCUT2D eigenvalue weighted by Crippen LogP contribution is -2.04. The van der Waals surface area contributed by atoms with E-state index in [1.165, 1.54) is 0 Å². The van der Waals surface area contributed by atoms with Crippen molar-refractivity contribution in [3.63, 3.8) is 0 Å². The van der Waals surface area contributed by atoms with Gasteiger partial charge in [-0.1, -0.05) is 62.6 Å². The first-order valence-electron chi connectivity index (χ1n) is 8.21. The molecule has 0 aromatic carbocycles. The second-order valence-electron chi connectivity index (χ2n) is 5.27. The van der Waals surface area contributed by atoms with E-state index in [-0.39, 0.29) is 12.5 Å². The van der Waals surface area contributed by atoms with E-state index in [0.717, 1.165) is 44.9 Å². The van der Waals surface area contributed by atoms with E-state index < -0.39 is 5.97 Å². The van der Waals surface area contributed by atoms with Crippen LogP contribution in [0.3, 0.4) is 0 Å². The van der Waals surface area contributed by atoms with Gasteiger partial charge in [0.25, 0.3) is 0 Å². The average molecular weight is 310 g/mol. The molecule has 0 aromatic rings. The summed E-state index contributed by atoms with van der Waals surface area (Å²) in [6.45, 7) is 2.07. The van der Waals surface area contributed by atoms with Crippen LogP contribution in [0.4, 0.5) is 0 Å². The molecule has 0 heterocycles. The molecule has 0 saturated heterocycles. The minimum atomic E-state index is -0.704. The van der Waals surface area contributed by atoms with Crippen LogP contribution >= 0.6 is 0 Å². The lowest BCUT2D eigenvalue weighted by molar-refractivity contribution is -0.264. The third-order valence-corrected chi connectivity index (χ3v) is 3.24. The molecule has 0 aliphatic carbocycles. The lowest BCUT2D eigenvalue weighted by atomic mass is 10.1. The maximum atomic E-state index is 10.3. The van der Waals surface area contributed by atoms with Crippen molar-refractivity contribution >= 4 is 5.97 Å². The molecule has 0 fully saturated rings. The molecular weight excluding hydrogens is 280 g/mol. The highest BCUT2D eigenvalue weighted by atomic mass is 17.1. The van der Waals surface area contributed by atoms with Crippen LogP contribution in [0, 0.1) is 0 Å². The van der Waals surface area contributed by atoms with Gasteiger partial charge in [0.2, 0.25) is 0 Å². The Morgan fingerprint density at radius 2 is 1.77 bits per heavy atom. The summed E-state index contributed by atoms with van der Waals surface area (Å²) < 4.78 is 0. The molecule has 0 radical (unpaired) electrons. The molecule has 0 amide bonds. The van der Waals surface area contributed by atoms with Gasteiger partial charge in [-0.25, -0.2) is 4.89 Å². The number of carbonyl (C=O) groups is 1. The number of aliphatic carboxylic acids is 1. The normalized spacial score (nSPS) is 13.5. The summed E-state index contributed by atoms with van der Waals surface area (Å²) in [4.78, 5) is 14.7. The van der Waals surface area contributed by atoms with Crippen molar-refractivity contribution in [2.24, 2.45) is 0 Å². The molecular formula is C18H30O4. The second kappa shape index (κ2) is 16.0. The minimum Gasteiger partial charge on any atom is -0.481 e. The average Bonchev–Trinajstić information content (AvgIpc) is 2.50. The molecule has 0 aromatic heterocycles. The molecule has 0 rings (SSSR count). The fourth-order valence-corrected chi connectivity index (χ4v) is 1.99. The summed E-state index contributed by atoms with van der Waals surface area (Å²) in [5, 5.41) is 17.3. The zero-order chi connectivity index (χ0) is 16.5. The molecule has 0 aliphatic rings. The number of unbranched alkanes of at least 4 members (excludes halogenated alkanes) is 5. The Morgan fingerprint density at radius 1 is 1.05 bits per heavy atom. The minimum absolute atomic E-state index is 0.284. The van der Waals surface area contributed by atoms with Gasteiger partial charge < -0.3 is 5.11 Å². The smallest absolute Gasteiger partial charge is 0.303 e. The van der Waals surface area contributed by atoms with Crippen LogP contribution in [-0.2, 0) is 9.68 Å². The first kappa shape index (κ1) is 20.6. The summed E-state index contributed by atoms with van der Waals surface area (Å²) >= 11 is 0. The van der Waals surface area contributed by atoms with Gasteiger partial charge in [0.1, 0.15) is 6.10 Å². The monoisotopic (exact) mass is 310 g/mol. The molecule has 2 N–H and O–H groups in total. The lowest BCUT2D eigenvalue weighted by Gasteiger charge is -2.03. The Labute approximate surface area is 134 Å². The highest BCUT2D eigenvalue weighted by molar-refractivity contribution is 5.66. The van der Waals surface area contributed by atoms with Crippen molar-refractivity contribution in [1.82, 2.24) is 0 Å². The summed E-state index contributed by atoms with van der Waals surface area (Å²) in [5.74, 6) is -0.704. The molecule has 22 heavy (non-hydrogen) atoms. The van der Waals surface area contributed by atoms with Gasteiger partial charge in [-0.2, -0.15) is 0 Å². The molecule has 0 bridgehead atoms. The number of rotatable bonds is 14. The number of carboxylic acid groups (broad SMARTS) is 1. The third-order valence-electron chi connectivity index (χ3n) is 3.24. The summed E-state index contributed by atoms with van der Waals surface area (Å²) in [6, 6.07) is 0. The van der Waals surface area contributed by atoms with Crippen LogP contribution in [0.1, 0.15) is 64.7 Å². The zero-order valence-corrected chi connectivity index (χ0v) is 13.6. The summed E-state index contributed by atoms with van der Waals surface area (Å²) in [5.41, 5.74) is 0. The maximum Gasteiger partial charge on any atom is 0.303 e. The van der Waals surface area contributed by atoms with E-state index in [4.69, 9.17) is 10.4 Å². The topological polar surface area (TPSA) is 66.8 Å².